The molecule has 0 spiro atoms. The van der Waals surface area contributed by atoms with Crippen molar-refractivity contribution in [3.05, 3.63) is 84.1 Å². The van der Waals surface area contributed by atoms with Crippen LogP contribution >= 0.6 is 0 Å². The molecule has 0 atom stereocenters. The van der Waals surface area contributed by atoms with Gasteiger partial charge in [-0.1, -0.05) is 30.3 Å². The number of pyridine rings is 1. The predicted octanol–water partition coefficient (Wildman–Crippen LogP) is 4.50. The highest BCUT2D eigenvalue weighted by atomic mass is 16.5. The molecule has 5 heteroatoms. The van der Waals surface area contributed by atoms with Gasteiger partial charge in [0.15, 0.2) is 0 Å². The number of urea groups is 1. The molecular weight excluding hydrogens is 314 g/mol. The molecule has 2 amide bonds. The molecule has 25 heavy (non-hydrogen) atoms. The van der Waals surface area contributed by atoms with Gasteiger partial charge in [-0.25, -0.2) is 9.78 Å². The standard InChI is InChI=1S/C20H19N3O2/c1-15-6-4-8-17(12-15)23-20(24)22-14-16-7-5-9-18(13-16)25-19-10-2-3-11-21-19/h2-13H,14H2,1H3,(H2,22,23,24). The van der Waals surface area contributed by atoms with Crippen molar-refractivity contribution in [3.8, 4) is 11.6 Å². The number of rotatable bonds is 5. The Labute approximate surface area is 146 Å². The molecule has 2 N–H and O–H groups in total. The summed E-state index contributed by atoms with van der Waals surface area (Å²) in [6.45, 7) is 2.38. The highest BCUT2D eigenvalue weighted by Crippen LogP contribution is 2.20. The van der Waals surface area contributed by atoms with E-state index in [0.29, 0.717) is 18.2 Å². The van der Waals surface area contributed by atoms with Crippen molar-refractivity contribution in [1.29, 1.82) is 0 Å². The average molecular weight is 333 g/mol. The molecule has 2 aromatic carbocycles. The number of carbonyl (C=O) groups is 1. The first kappa shape index (κ1) is 16.5. The second kappa shape index (κ2) is 7.97. The van der Waals surface area contributed by atoms with Crippen LogP contribution in [0.2, 0.25) is 0 Å². The van der Waals surface area contributed by atoms with E-state index in [1.165, 1.54) is 0 Å². The van der Waals surface area contributed by atoms with E-state index in [2.05, 4.69) is 15.6 Å². The number of nitrogens with zero attached hydrogens (tertiary/aromatic N) is 1. The summed E-state index contributed by atoms with van der Waals surface area (Å²) in [4.78, 5) is 16.1. The van der Waals surface area contributed by atoms with Crippen molar-refractivity contribution in [2.75, 3.05) is 5.32 Å². The molecule has 1 heterocycles. The van der Waals surface area contributed by atoms with E-state index in [9.17, 15) is 4.79 Å². The average Bonchev–Trinajstić information content (AvgIpc) is 2.61. The number of amides is 2. The Morgan fingerprint density at radius 3 is 2.72 bits per heavy atom. The van der Waals surface area contributed by atoms with E-state index in [-0.39, 0.29) is 6.03 Å². The highest BCUT2D eigenvalue weighted by molar-refractivity contribution is 5.89. The fraction of sp³-hybridized carbons (Fsp3) is 0.100. The van der Waals surface area contributed by atoms with Gasteiger partial charge >= 0.3 is 6.03 Å². The number of benzene rings is 2. The summed E-state index contributed by atoms with van der Waals surface area (Å²) in [7, 11) is 0. The molecule has 5 nitrogen and oxygen atoms in total. The quantitative estimate of drug-likeness (QED) is 0.722. The molecule has 3 aromatic rings. The van der Waals surface area contributed by atoms with E-state index in [1.807, 2.05) is 67.6 Å². The van der Waals surface area contributed by atoms with Gasteiger partial charge in [0.1, 0.15) is 5.75 Å². The summed E-state index contributed by atoms with van der Waals surface area (Å²) in [6, 6.07) is 20.4. The van der Waals surface area contributed by atoms with Crippen molar-refractivity contribution in [2.24, 2.45) is 0 Å². The van der Waals surface area contributed by atoms with Gasteiger partial charge in [0, 0.05) is 24.5 Å². The van der Waals surface area contributed by atoms with Crippen LogP contribution in [-0.2, 0) is 6.54 Å². The van der Waals surface area contributed by atoms with Crippen molar-refractivity contribution in [1.82, 2.24) is 10.3 Å². The molecule has 0 aliphatic rings. The van der Waals surface area contributed by atoms with Gasteiger partial charge < -0.3 is 15.4 Å². The summed E-state index contributed by atoms with van der Waals surface area (Å²) in [5, 5.41) is 5.65. The SMILES string of the molecule is Cc1cccc(NC(=O)NCc2cccc(Oc3ccccn3)c2)c1. The third-order valence-corrected chi connectivity index (χ3v) is 3.49. The van der Waals surface area contributed by atoms with Crippen LogP contribution in [-0.4, -0.2) is 11.0 Å². The molecule has 1 aromatic heterocycles. The highest BCUT2D eigenvalue weighted by Gasteiger charge is 2.04. The van der Waals surface area contributed by atoms with Crippen LogP contribution in [0, 0.1) is 6.92 Å². The number of aryl methyl sites for hydroxylation is 1. The minimum absolute atomic E-state index is 0.248. The molecule has 0 aliphatic heterocycles. The number of hydrogen-bond donors (Lipinski definition) is 2. The first-order chi connectivity index (χ1) is 12.2. The Hall–Kier alpha value is -3.34. The normalized spacial score (nSPS) is 10.1. The summed E-state index contributed by atoms with van der Waals surface area (Å²) in [5.41, 5.74) is 2.80. The zero-order chi connectivity index (χ0) is 17.5. The monoisotopic (exact) mass is 333 g/mol. The maximum Gasteiger partial charge on any atom is 0.319 e. The minimum atomic E-state index is -0.248. The van der Waals surface area contributed by atoms with Crippen LogP contribution in [0.15, 0.2) is 72.9 Å². The molecule has 0 saturated carbocycles. The second-order valence-electron chi connectivity index (χ2n) is 5.59. The molecule has 0 fully saturated rings. The van der Waals surface area contributed by atoms with Gasteiger partial charge in [-0.15, -0.1) is 0 Å². The molecule has 3 rings (SSSR count). The molecule has 0 saturated heterocycles. The van der Waals surface area contributed by atoms with Crippen molar-refractivity contribution < 1.29 is 9.53 Å². The van der Waals surface area contributed by atoms with Crippen LogP contribution in [0.4, 0.5) is 10.5 Å². The van der Waals surface area contributed by atoms with E-state index in [4.69, 9.17) is 4.74 Å². The van der Waals surface area contributed by atoms with Gasteiger partial charge in [-0.2, -0.15) is 0 Å². The molecule has 0 bridgehead atoms. The summed E-state index contributed by atoms with van der Waals surface area (Å²) in [5.74, 6) is 1.21. The largest absolute Gasteiger partial charge is 0.439 e. The van der Waals surface area contributed by atoms with Crippen LogP contribution in [0.3, 0.4) is 0 Å². The number of aromatic nitrogens is 1. The summed E-state index contributed by atoms with van der Waals surface area (Å²) >= 11 is 0. The third-order valence-electron chi connectivity index (χ3n) is 3.49. The van der Waals surface area contributed by atoms with E-state index >= 15 is 0 Å². The van der Waals surface area contributed by atoms with Gasteiger partial charge in [0.05, 0.1) is 0 Å². The van der Waals surface area contributed by atoms with E-state index in [1.54, 1.807) is 12.3 Å². The van der Waals surface area contributed by atoms with Gasteiger partial charge in [-0.05, 0) is 48.4 Å². The predicted molar refractivity (Wildman–Crippen MR) is 97.8 cm³/mol. The molecule has 0 aliphatic carbocycles. The van der Waals surface area contributed by atoms with E-state index < -0.39 is 0 Å². The molecule has 0 unspecified atom stereocenters. The third kappa shape index (κ3) is 5.07. The maximum atomic E-state index is 12.0. The molecule has 126 valence electrons. The van der Waals surface area contributed by atoms with Crippen molar-refractivity contribution in [2.45, 2.75) is 13.5 Å². The number of anilines is 1. The lowest BCUT2D eigenvalue weighted by atomic mass is 10.2. The lowest BCUT2D eigenvalue weighted by molar-refractivity contribution is 0.251. The van der Waals surface area contributed by atoms with E-state index in [0.717, 1.165) is 16.8 Å². The number of hydrogen-bond acceptors (Lipinski definition) is 3. The Morgan fingerprint density at radius 1 is 1.04 bits per heavy atom. The Bertz CT molecular complexity index is 850. The lowest BCUT2D eigenvalue weighted by Gasteiger charge is -2.10. The number of nitrogens with one attached hydrogen (secondary N) is 2. The number of carbonyl (C=O) groups excluding carboxylic acids is 1. The van der Waals surface area contributed by atoms with Gasteiger partial charge in [0.2, 0.25) is 5.88 Å². The fourth-order valence-electron chi connectivity index (χ4n) is 2.33. The maximum absolute atomic E-state index is 12.0. The summed E-state index contributed by atoms with van der Waals surface area (Å²) in [6.07, 6.45) is 1.68. The lowest BCUT2D eigenvalue weighted by Crippen LogP contribution is -2.28. The molecular formula is C20H19N3O2. The Morgan fingerprint density at radius 2 is 1.92 bits per heavy atom. The Balaban J connectivity index is 1.56. The zero-order valence-corrected chi connectivity index (χ0v) is 13.9. The molecule has 0 radical (unpaired) electrons. The minimum Gasteiger partial charge on any atom is -0.439 e. The topological polar surface area (TPSA) is 63.2 Å². The fourth-order valence-corrected chi connectivity index (χ4v) is 2.33. The zero-order valence-electron chi connectivity index (χ0n) is 13.9. The van der Waals surface area contributed by atoms with Crippen LogP contribution < -0.4 is 15.4 Å². The van der Waals surface area contributed by atoms with Crippen LogP contribution in [0.1, 0.15) is 11.1 Å². The first-order valence-corrected chi connectivity index (χ1v) is 7.98. The van der Waals surface area contributed by atoms with Gasteiger partial charge in [0.25, 0.3) is 0 Å². The van der Waals surface area contributed by atoms with Crippen LogP contribution in [0.25, 0.3) is 0 Å². The smallest absolute Gasteiger partial charge is 0.319 e. The first-order valence-electron chi connectivity index (χ1n) is 7.98. The summed E-state index contributed by atoms with van der Waals surface area (Å²) < 4.78 is 5.70. The number of ether oxygens (including phenoxy) is 1. The van der Waals surface area contributed by atoms with Crippen molar-refractivity contribution in [3.63, 3.8) is 0 Å². The van der Waals surface area contributed by atoms with Crippen LogP contribution in [0.5, 0.6) is 11.6 Å². The van der Waals surface area contributed by atoms with Crippen molar-refractivity contribution >= 4 is 11.7 Å². The van der Waals surface area contributed by atoms with Gasteiger partial charge in [-0.3, -0.25) is 0 Å². The second-order valence-corrected chi connectivity index (χ2v) is 5.59. The Kier molecular flexibility index (Phi) is 5.26.